The Bertz CT molecular complexity index is 937. The van der Waals surface area contributed by atoms with Crippen molar-refractivity contribution in [2.75, 3.05) is 6.61 Å². The number of aliphatic hydroxyl groups excluding tert-OH is 1. The summed E-state index contributed by atoms with van der Waals surface area (Å²) in [6.45, 7) is 11.9. The molecule has 0 aromatic carbocycles. The van der Waals surface area contributed by atoms with E-state index in [9.17, 15) is 19.8 Å². The standard InChI is InChI=1S/C24H45O7P7/c1-12(2)21(27)23(7)17(31-36(37(32)33)38(34)35)9-18-24(28,11-29-18)20(23)19(30-14(4)25)15-8-16(26)13(3)10-22(15,5)6/h10,12,15-20,26,28H,8-9,11,32-35H2,1-7H3/t15?,16-,17-,18+,19+,20-,23+,24-/m0/s1. The number of ketones is 1. The molecule has 0 aromatic heterocycles. The van der Waals surface area contributed by atoms with Crippen LogP contribution in [-0.4, -0.2) is 58.6 Å². The Balaban J connectivity index is 2.24. The number of esters is 1. The van der Waals surface area contributed by atoms with Crippen LogP contribution in [0.3, 0.4) is 0 Å². The second-order valence-electron chi connectivity index (χ2n) is 12.1. The number of hydrogen-bond donors (Lipinski definition) is 2. The predicted molar refractivity (Wildman–Crippen MR) is 172 cm³/mol. The lowest BCUT2D eigenvalue weighted by Crippen LogP contribution is -2.77. The number of hydrogen-bond acceptors (Lipinski definition) is 7. The third kappa shape index (κ3) is 6.47. The Hall–Kier alpha value is 1.73. The van der Waals surface area contributed by atoms with E-state index in [1.165, 1.54) is 6.92 Å². The van der Waals surface area contributed by atoms with Crippen LogP contribution in [0, 0.1) is 28.6 Å². The first-order valence-corrected chi connectivity index (χ1v) is 24.7. The van der Waals surface area contributed by atoms with E-state index in [2.05, 4.69) is 49.6 Å². The molecule has 14 heteroatoms. The largest absolute Gasteiger partial charge is 0.462 e. The molecule has 0 radical (unpaired) electrons. The molecule has 1 aliphatic heterocycles. The van der Waals surface area contributed by atoms with Crippen molar-refractivity contribution in [2.45, 2.75) is 91.3 Å². The average molecular weight is 662 g/mol. The Morgan fingerprint density at radius 1 is 1.13 bits per heavy atom. The van der Waals surface area contributed by atoms with Crippen molar-refractivity contribution in [1.29, 1.82) is 0 Å². The fourth-order valence-corrected chi connectivity index (χ4v) is 39.7. The number of carbonyl (C=O) groups is 2. The lowest BCUT2D eigenvalue weighted by Gasteiger charge is -2.64. The second kappa shape index (κ2) is 12.8. The summed E-state index contributed by atoms with van der Waals surface area (Å²) in [5, 5.41) is 23.1. The molecule has 0 aromatic rings. The predicted octanol–water partition coefficient (Wildman–Crippen LogP) is 6.39. The van der Waals surface area contributed by atoms with Crippen LogP contribution in [-0.2, 0) is 23.6 Å². The maximum absolute atomic E-state index is 14.3. The maximum atomic E-state index is 14.3. The van der Waals surface area contributed by atoms with Gasteiger partial charge in [0.05, 0.1) is 37.9 Å². The molecular weight excluding hydrogens is 617 g/mol. The van der Waals surface area contributed by atoms with Crippen LogP contribution in [0.25, 0.3) is 0 Å². The lowest BCUT2D eigenvalue weighted by molar-refractivity contribution is -0.329. The first kappa shape index (κ1) is 34.2. The van der Waals surface area contributed by atoms with Crippen LogP contribution in [0.5, 0.6) is 0 Å². The molecule has 2 N–H and O–H groups in total. The van der Waals surface area contributed by atoms with Crippen molar-refractivity contribution in [2.24, 2.45) is 28.6 Å². The number of allylic oxidation sites excluding steroid dienone is 1. The topological polar surface area (TPSA) is 102 Å². The molecule has 38 heavy (non-hydrogen) atoms. The number of carbonyl (C=O) groups excluding carboxylic acids is 2. The molecule has 12 atom stereocenters. The van der Waals surface area contributed by atoms with E-state index >= 15 is 0 Å². The van der Waals surface area contributed by atoms with Crippen LogP contribution >= 0.6 is 57.2 Å². The van der Waals surface area contributed by atoms with Crippen LogP contribution in [0.1, 0.15) is 61.3 Å². The highest BCUT2D eigenvalue weighted by Gasteiger charge is 2.71. The van der Waals surface area contributed by atoms with Crippen LogP contribution in [0.2, 0.25) is 0 Å². The van der Waals surface area contributed by atoms with Crippen LogP contribution < -0.4 is 0 Å². The highest BCUT2D eigenvalue weighted by Crippen LogP contribution is 2.98. The minimum atomic E-state index is -1.36. The van der Waals surface area contributed by atoms with Gasteiger partial charge in [0.2, 0.25) is 0 Å². The third-order valence-corrected chi connectivity index (χ3v) is 31.0. The first-order chi connectivity index (χ1) is 17.4. The fraction of sp³-hybridized carbons (Fsp3) is 0.833. The molecule has 0 spiro atoms. The van der Waals surface area contributed by atoms with Crippen molar-refractivity contribution < 1.29 is 33.8 Å². The number of ether oxygens (including phenoxy) is 2. The van der Waals surface area contributed by atoms with Crippen molar-refractivity contribution in [3.8, 4) is 0 Å². The minimum absolute atomic E-state index is 0.0204. The van der Waals surface area contributed by atoms with E-state index in [1.54, 1.807) is 0 Å². The molecule has 0 bridgehead atoms. The molecular formula is C24H45O7P7. The van der Waals surface area contributed by atoms with Gasteiger partial charge in [-0.2, -0.15) is 0 Å². The van der Waals surface area contributed by atoms with Gasteiger partial charge in [-0.15, -0.1) is 35.7 Å². The molecule has 0 amide bonds. The summed E-state index contributed by atoms with van der Waals surface area (Å²) in [5.74, 6) is -1.93. The number of fused-ring (bicyclic) bond motifs is 1. The van der Waals surface area contributed by atoms with Crippen LogP contribution in [0.4, 0.5) is 0 Å². The zero-order valence-electron chi connectivity index (χ0n) is 23.3. The number of Topliss-reactive ketones (excluding diaryl/α,β-unsaturated/α-hetero) is 1. The molecule has 5 unspecified atom stereocenters. The summed E-state index contributed by atoms with van der Waals surface area (Å²) in [5.41, 5.74) is -2.09. The first-order valence-electron chi connectivity index (χ1n) is 12.9. The van der Waals surface area contributed by atoms with Crippen molar-refractivity contribution in [1.82, 2.24) is 0 Å². The fourth-order valence-electron chi connectivity index (χ4n) is 6.80. The Morgan fingerprint density at radius 2 is 1.71 bits per heavy atom. The van der Waals surface area contributed by atoms with Gasteiger partial charge in [-0.3, -0.25) is 9.59 Å². The molecule has 3 aliphatic rings. The van der Waals surface area contributed by atoms with Gasteiger partial charge in [0.25, 0.3) is 0 Å². The summed E-state index contributed by atoms with van der Waals surface area (Å²) in [6, 6.07) is 0. The van der Waals surface area contributed by atoms with E-state index in [1.807, 2.05) is 33.8 Å². The summed E-state index contributed by atoms with van der Waals surface area (Å²) in [6.07, 6.45) is 0.203. The zero-order chi connectivity index (χ0) is 29.0. The van der Waals surface area contributed by atoms with Crippen molar-refractivity contribution in [3.05, 3.63) is 11.6 Å². The molecule has 2 fully saturated rings. The second-order valence-corrected chi connectivity index (χ2v) is 35.7. The van der Waals surface area contributed by atoms with Gasteiger partial charge in [-0.25, -0.2) is 0 Å². The van der Waals surface area contributed by atoms with Crippen molar-refractivity contribution >= 4 is 69.0 Å². The average Bonchev–Trinajstić information content (AvgIpc) is 2.77. The van der Waals surface area contributed by atoms with Gasteiger partial charge in [0, 0.05) is 31.1 Å². The molecule has 7 nitrogen and oxygen atoms in total. The number of rotatable bonds is 9. The SMILES string of the molecule is CC(=O)O[C@H](C1C[C@H](O)C(C)=CC1(C)C)[C@@H]1[C@]2(O)CO[C@@H]2C[C@H](OP(P(P)P)P(P)P)[C@@]1(C)C(=O)C(C)C. The molecule has 3 rings (SSSR count). The zero-order valence-corrected chi connectivity index (χ0v) is 30.6. The van der Waals surface area contributed by atoms with Crippen molar-refractivity contribution in [3.63, 3.8) is 0 Å². The minimum Gasteiger partial charge on any atom is -0.462 e. The number of aliphatic hydroxyl groups is 2. The van der Waals surface area contributed by atoms with Gasteiger partial charge in [0.1, 0.15) is 17.5 Å². The lowest BCUT2D eigenvalue weighted by atomic mass is 9.49. The van der Waals surface area contributed by atoms with Gasteiger partial charge >= 0.3 is 5.97 Å². The maximum Gasteiger partial charge on any atom is 0.302 e. The third-order valence-electron chi connectivity index (χ3n) is 8.61. The van der Waals surface area contributed by atoms with E-state index in [0.717, 1.165) is 5.57 Å². The van der Waals surface area contributed by atoms with Gasteiger partial charge < -0.3 is 24.2 Å². The van der Waals surface area contributed by atoms with E-state index in [-0.39, 0.29) is 24.2 Å². The van der Waals surface area contributed by atoms with E-state index in [0.29, 0.717) is 12.8 Å². The highest BCUT2D eigenvalue weighted by molar-refractivity contribution is 8.96. The monoisotopic (exact) mass is 662 g/mol. The molecule has 2 aliphatic carbocycles. The van der Waals surface area contributed by atoms with Gasteiger partial charge in [-0.05, 0) is 45.2 Å². The van der Waals surface area contributed by atoms with Gasteiger partial charge in [0.15, 0.2) is 0 Å². The Morgan fingerprint density at radius 3 is 2.16 bits per heavy atom. The highest BCUT2D eigenvalue weighted by atomic mass is 33.0. The summed E-state index contributed by atoms with van der Waals surface area (Å²) in [4.78, 5) is 26.9. The Labute approximate surface area is 240 Å². The summed E-state index contributed by atoms with van der Waals surface area (Å²) >= 11 is 0. The molecule has 1 heterocycles. The normalized spacial score (nSPS) is 37.6. The van der Waals surface area contributed by atoms with Gasteiger partial charge in [-0.1, -0.05) is 33.8 Å². The Kier molecular flexibility index (Phi) is 11.5. The van der Waals surface area contributed by atoms with E-state index < -0.39 is 74.2 Å². The smallest absolute Gasteiger partial charge is 0.302 e. The quantitative estimate of drug-likeness (QED) is 0.168. The molecule has 1 saturated carbocycles. The molecule has 218 valence electrons. The molecule has 1 saturated heterocycles. The summed E-state index contributed by atoms with van der Waals surface area (Å²) < 4.78 is 18.9. The van der Waals surface area contributed by atoms with Crippen LogP contribution in [0.15, 0.2) is 11.6 Å². The summed E-state index contributed by atoms with van der Waals surface area (Å²) in [7, 11) is 10.6. The van der Waals surface area contributed by atoms with E-state index in [4.69, 9.17) is 14.0 Å².